The zero-order valence-corrected chi connectivity index (χ0v) is 9.86. The largest absolute Gasteiger partial charge is 0.458 e. The molecule has 0 aliphatic heterocycles. The molecule has 1 unspecified atom stereocenters. The lowest BCUT2D eigenvalue weighted by Crippen LogP contribution is -1.85. The van der Waals surface area contributed by atoms with E-state index in [2.05, 4.69) is 15.9 Å². The van der Waals surface area contributed by atoms with Crippen molar-refractivity contribution in [2.45, 2.75) is 13.0 Å². The van der Waals surface area contributed by atoms with E-state index in [1.54, 1.807) is 13.0 Å². The van der Waals surface area contributed by atoms with Crippen LogP contribution >= 0.6 is 15.9 Å². The van der Waals surface area contributed by atoms with Crippen LogP contribution in [0.1, 0.15) is 18.8 Å². The van der Waals surface area contributed by atoms with Crippen molar-refractivity contribution >= 4 is 15.9 Å². The molecule has 0 amide bonds. The van der Waals surface area contributed by atoms with E-state index in [1.807, 2.05) is 30.3 Å². The molecule has 1 atom stereocenters. The van der Waals surface area contributed by atoms with Gasteiger partial charge in [-0.15, -0.1) is 0 Å². The topological polar surface area (TPSA) is 33.4 Å². The lowest BCUT2D eigenvalue weighted by Gasteiger charge is -2.00. The monoisotopic (exact) mass is 266 g/mol. The van der Waals surface area contributed by atoms with Crippen LogP contribution in [0.3, 0.4) is 0 Å². The van der Waals surface area contributed by atoms with Crippen LogP contribution in [0.15, 0.2) is 45.3 Å². The first-order chi connectivity index (χ1) is 7.16. The first-order valence-corrected chi connectivity index (χ1v) is 5.50. The van der Waals surface area contributed by atoms with Gasteiger partial charge in [0, 0.05) is 10.0 Å². The number of hydrogen-bond donors (Lipinski definition) is 1. The standard InChI is InChI=1S/C12H11BrO2/c1-8(14)11-5-6-12(15-11)9-3-2-4-10(13)7-9/h2-8,14H,1H3. The minimum absolute atomic E-state index is 0.564. The summed E-state index contributed by atoms with van der Waals surface area (Å²) in [5.41, 5.74) is 0.997. The van der Waals surface area contributed by atoms with Gasteiger partial charge >= 0.3 is 0 Å². The Labute approximate surface area is 96.7 Å². The molecule has 2 rings (SSSR count). The predicted molar refractivity (Wildman–Crippen MR) is 62.5 cm³/mol. The van der Waals surface area contributed by atoms with Gasteiger partial charge in [-0.3, -0.25) is 0 Å². The first-order valence-electron chi connectivity index (χ1n) is 4.70. The lowest BCUT2D eigenvalue weighted by atomic mass is 10.2. The molecule has 1 aromatic carbocycles. The molecule has 3 heteroatoms. The summed E-state index contributed by atoms with van der Waals surface area (Å²) in [4.78, 5) is 0. The van der Waals surface area contributed by atoms with E-state index in [9.17, 15) is 5.11 Å². The van der Waals surface area contributed by atoms with Gasteiger partial charge in [0.25, 0.3) is 0 Å². The molecule has 15 heavy (non-hydrogen) atoms. The minimum atomic E-state index is -0.564. The molecular formula is C12H11BrO2. The van der Waals surface area contributed by atoms with Crippen LogP contribution in [-0.4, -0.2) is 5.11 Å². The minimum Gasteiger partial charge on any atom is -0.458 e. The third-order valence-electron chi connectivity index (χ3n) is 2.15. The summed E-state index contributed by atoms with van der Waals surface area (Å²) >= 11 is 3.40. The maximum absolute atomic E-state index is 9.34. The van der Waals surface area contributed by atoms with Crippen molar-refractivity contribution in [1.29, 1.82) is 0 Å². The Morgan fingerprint density at radius 1 is 1.27 bits per heavy atom. The molecule has 0 saturated carbocycles. The maximum atomic E-state index is 9.34. The maximum Gasteiger partial charge on any atom is 0.134 e. The van der Waals surface area contributed by atoms with Gasteiger partial charge in [-0.25, -0.2) is 0 Å². The highest BCUT2D eigenvalue weighted by atomic mass is 79.9. The van der Waals surface area contributed by atoms with Crippen molar-refractivity contribution in [2.24, 2.45) is 0 Å². The molecule has 0 aliphatic carbocycles. The third-order valence-corrected chi connectivity index (χ3v) is 2.64. The summed E-state index contributed by atoms with van der Waals surface area (Å²) in [6.45, 7) is 1.68. The van der Waals surface area contributed by atoms with Gasteiger partial charge in [-0.05, 0) is 31.2 Å². The summed E-state index contributed by atoms with van der Waals surface area (Å²) in [5, 5.41) is 9.34. The van der Waals surface area contributed by atoms with E-state index in [-0.39, 0.29) is 0 Å². The van der Waals surface area contributed by atoms with E-state index >= 15 is 0 Å². The number of hydrogen-bond acceptors (Lipinski definition) is 2. The van der Waals surface area contributed by atoms with Crippen LogP contribution in [0.4, 0.5) is 0 Å². The molecule has 0 radical (unpaired) electrons. The molecule has 1 heterocycles. The number of halogens is 1. The van der Waals surface area contributed by atoms with Gasteiger partial charge in [0.1, 0.15) is 17.6 Å². The van der Waals surface area contributed by atoms with Crippen molar-refractivity contribution in [3.8, 4) is 11.3 Å². The molecule has 2 aromatic rings. The van der Waals surface area contributed by atoms with Gasteiger partial charge in [0.05, 0.1) is 0 Å². The Kier molecular flexibility index (Phi) is 2.93. The molecule has 0 saturated heterocycles. The average Bonchev–Trinajstić information content (AvgIpc) is 2.66. The van der Waals surface area contributed by atoms with Crippen molar-refractivity contribution in [2.75, 3.05) is 0 Å². The molecule has 0 fully saturated rings. The Morgan fingerprint density at radius 3 is 2.67 bits per heavy atom. The number of benzene rings is 1. The molecule has 1 aromatic heterocycles. The number of aliphatic hydroxyl groups excluding tert-OH is 1. The third kappa shape index (κ3) is 2.30. The fourth-order valence-corrected chi connectivity index (χ4v) is 1.77. The summed E-state index contributed by atoms with van der Waals surface area (Å²) < 4.78 is 6.52. The van der Waals surface area contributed by atoms with Crippen molar-refractivity contribution < 1.29 is 9.52 Å². The van der Waals surface area contributed by atoms with Crippen LogP contribution < -0.4 is 0 Å². The molecule has 0 spiro atoms. The SMILES string of the molecule is CC(O)c1ccc(-c2cccc(Br)c2)o1. The second kappa shape index (κ2) is 4.21. The second-order valence-electron chi connectivity index (χ2n) is 3.39. The van der Waals surface area contributed by atoms with Gasteiger partial charge in [0.15, 0.2) is 0 Å². The second-order valence-corrected chi connectivity index (χ2v) is 4.30. The van der Waals surface area contributed by atoms with Crippen molar-refractivity contribution in [3.05, 3.63) is 46.6 Å². The normalized spacial score (nSPS) is 12.7. The quantitative estimate of drug-likeness (QED) is 0.898. The highest BCUT2D eigenvalue weighted by molar-refractivity contribution is 9.10. The van der Waals surface area contributed by atoms with E-state index in [0.717, 1.165) is 15.8 Å². The molecule has 2 nitrogen and oxygen atoms in total. The Hall–Kier alpha value is -1.06. The number of rotatable bonds is 2. The molecule has 0 aliphatic rings. The van der Waals surface area contributed by atoms with Crippen LogP contribution in [0.2, 0.25) is 0 Å². The van der Waals surface area contributed by atoms with Crippen LogP contribution in [-0.2, 0) is 0 Å². The summed E-state index contributed by atoms with van der Waals surface area (Å²) in [6.07, 6.45) is -0.564. The van der Waals surface area contributed by atoms with E-state index in [1.165, 1.54) is 0 Å². The van der Waals surface area contributed by atoms with Gasteiger partial charge < -0.3 is 9.52 Å². The van der Waals surface area contributed by atoms with Crippen LogP contribution in [0.5, 0.6) is 0 Å². The average molecular weight is 267 g/mol. The molecule has 78 valence electrons. The molecule has 0 bridgehead atoms. The summed E-state index contributed by atoms with van der Waals surface area (Å²) in [5.74, 6) is 1.36. The lowest BCUT2D eigenvalue weighted by molar-refractivity contribution is 0.170. The molecular weight excluding hydrogens is 256 g/mol. The Balaban J connectivity index is 2.37. The fraction of sp³-hybridized carbons (Fsp3) is 0.167. The smallest absolute Gasteiger partial charge is 0.134 e. The zero-order valence-electron chi connectivity index (χ0n) is 8.27. The highest BCUT2D eigenvalue weighted by Gasteiger charge is 2.08. The van der Waals surface area contributed by atoms with Crippen LogP contribution in [0.25, 0.3) is 11.3 Å². The van der Waals surface area contributed by atoms with Crippen LogP contribution in [0, 0.1) is 0 Å². The Bertz CT molecular complexity index is 460. The van der Waals surface area contributed by atoms with E-state index < -0.39 is 6.10 Å². The fourth-order valence-electron chi connectivity index (χ4n) is 1.37. The number of aliphatic hydroxyl groups is 1. The van der Waals surface area contributed by atoms with Gasteiger partial charge in [-0.1, -0.05) is 28.1 Å². The summed E-state index contributed by atoms with van der Waals surface area (Å²) in [6, 6.07) is 11.5. The van der Waals surface area contributed by atoms with Gasteiger partial charge in [-0.2, -0.15) is 0 Å². The summed E-state index contributed by atoms with van der Waals surface area (Å²) in [7, 11) is 0. The highest BCUT2D eigenvalue weighted by Crippen LogP contribution is 2.26. The molecule has 1 N–H and O–H groups in total. The zero-order chi connectivity index (χ0) is 10.8. The Morgan fingerprint density at radius 2 is 2.07 bits per heavy atom. The van der Waals surface area contributed by atoms with Crippen molar-refractivity contribution in [3.63, 3.8) is 0 Å². The van der Waals surface area contributed by atoms with Crippen molar-refractivity contribution in [1.82, 2.24) is 0 Å². The van der Waals surface area contributed by atoms with E-state index in [4.69, 9.17) is 4.42 Å². The predicted octanol–water partition coefficient (Wildman–Crippen LogP) is 3.76. The van der Waals surface area contributed by atoms with Gasteiger partial charge in [0.2, 0.25) is 0 Å². The number of furan rings is 1. The van der Waals surface area contributed by atoms with E-state index in [0.29, 0.717) is 5.76 Å². The first kappa shape index (κ1) is 10.5.